The molecule has 0 amide bonds. The van der Waals surface area contributed by atoms with Gasteiger partial charge >= 0.3 is 5.97 Å². The van der Waals surface area contributed by atoms with Crippen molar-refractivity contribution in [3.63, 3.8) is 0 Å². The smallest absolute Gasteiger partial charge is 0.305 e. The van der Waals surface area contributed by atoms with Crippen LogP contribution in [0.5, 0.6) is 0 Å². The average Bonchev–Trinajstić information content (AvgIpc) is 2.10. The third-order valence-electron chi connectivity index (χ3n) is 3.87. The Hall–Kier alpha value is -0.610. The normalized spacial score (nSPS) is 20.1. The summed E-state index contributed by atoms with van der Waals surface area (Å²) in [7, 11) is 2.04. The minimum atomic E-state index is -0.713. The van der Waals surface area contributed by atoms with Gasteiger partial charge in [-0.15, -0.1) is 0 Å². The molecule has 0 atom stereocenters. The predicted octanol–water partition coefficient (Wildman–Crippen LogP) is 0.924. The minimum absolute atomic E-state index is 0.0531. The van der Waals surface area contributed by atoms with Crippen LogP contribution >= 0.6 is 0 Å². The van der Waals surface area contributed by atoms with Crippen LogP contribution in [0.1, 0.15) is 33.6 Å². The van der Waals surface area contributed by atoms with Gasteiger partial charge in [0.05, 0.1) is 12.0 Å². The van der Waals surface area contributed by atoms with Crippen LogP contribution in [0.4, 0.5) is 0 Å². The van der Waals surface area contributed by atoms with Crippen molar-refractivity contribution in [3.05, 3.63) is 0 Å². The molecule has 0 spiro atoms. The SMILES string of the molecule is CCC(C)(C)N(C)C1(CC(=O)O)CNC1. The van der Waals surface area contributed by atoms with Crippen LogP contribution in [0.2, 0.25) is 0 Å². The number of carboxylic acid groups (broad SMARTS) is 1. The summed E-state index contributed by atoms with van der Waals surface area (Å²) in [6.07, 6.45) is 1.24. The molecule has 1 aliphatic heterocycles. The first-order valence-electron chi connectivity index (χ1n) is 5.50. The van der Waals surface area contributed by atoms with Crippen molar-refractivity contribution in [1.29, 1.82) is 0 Å². The monoisotopic (exact) mass is 214 g/mol. The number of aliphatic carboxylic acids is 1. The Balaban J connectivity index is 2.77. The molecule has 0 radical (unpaired) electrons. The molecule has 15 heavy (non-hydrogen) atoms. The molecule has 0 unspecified atom stereocenters. The van der Waals surface area contributed by atoms with Crippen molar-refractivity contribution in [3.8, 4) is 0 Å². The number of hydrogen-bond donors (Lipinski definition) is 2. The van der Waals surface area contributed by atoms with Gasteiger partial charge in [0.15, 0.2) is 0 Å². The highest BCUT2D eigenvalue weighted by molar-refractivity contribution is 5.69. The van der Waals surface area contributed by atoms with E-state index in [2.05, 4.69) is 31.0 Å². The van der Waals surface area contributed by atoms with Crippen LogP contribution in [0.15, 0.2) is 0 Å². The fourth-order valence-electron chi connectivity index (χ4n) is 2.06. The van der Waals surface area contributed by atoms with Crippen LogP contribution < -0.4 is 5.32 Å². The summed E-state index contributed by atoms with van der Waals surface area (Å²) in [6.45, 7) is 8.01. The Labute approximate surface area is 91.6 Å². The first-order chi connectivity index (χ1) is 6.84. The quantitative estimate of drug-likeness (QED) is 0.714. The molecule has 0 aromatic heterocycles. The molecular formula is C11H22N2O2. The Kier molecular flexibility index (Phi) is 3.41. The number of carbonyl (C=O) groups is 1. The van der Waals surface area contributed by atoms with Gasteiger partial charge in [0.2, 0.25) is 0 Å². The lowest BCUT2D eigenvalue weighted by Gasteiger charge is -2.54. The Bertz CT molecular complexity index is 247. The van der Waals surface area contributed by atoms with E-state index in [1.165, 1.54) is 0 Å². The largest absolute Gasteiger partial charge is 0.481 e. The molecule has 4 heteroatoms. The van der Waals surface area contributed by atoms with Crippen LogP contribution in [-0.4, -0.2) is 47.2 Å². The van der Waals surface area contributed by atoms with Crippen molar-refractivity contribution in [1.82, 2.24) is 10.2 Å². The highest BCUT2D eigenvalue weighted by atomic mass is 16.4. The third-order valence-corrected chi connectivity index (χ3v) is 3.87. The van der Waals surface area contributed by atoms with Gasteiger partial charge in [-0.1, -0.05) is 6.92 Å². The second-order valence-corrected chi connectivity index (χ2v) is 5.12. The van der Waals surface area contributed by atoms with E-state index in [1.807, 2.05) is 7.05 Å². The van der Waals surface area contributed by atoms with E-state index in [4.69, 9.17) is 5.11 Å². The van der Waals surface area contributed by atoms with E-state index in [0.717, 1.165) is 19.5 Å². The van der Waals surface area contributed by atoms with Crippen LogP contribution in [0.25, 0.3) is 0 Å². The number of rotatable bonds is 5. The zero-order chi connectivity index (χ0) is 11.7. The van der Waals surface area contributed by atoms with E-state index < -0.39 is 5.97 Å². The van der Waals surface area contributed by atoms with Gasteiger partial charge in [-0.25, -0.2) is 0 Å². The van der Waals surface area contributed by atoms with E-state index in [0.29, 0.717) is 0 Å². The van der Waals surface area contributed by atoms with Gasteiger partial charge in [-0.2, -0.15) is 0 Å². The lowest BCUT2D eigenvalue weighted by molar-refractivity contribution is -0.143. The van der Waals surface area contributed by atoms with Crippen molar-refractivity contribution in [2.24, 2.45) is 0 Å². The molecule has 0 aliphatic carbocycles. The minimum Gasteiger partial charge on any atom is -0.481 e. The van der Waals surface area contributed by atoms with Crippen LogP contribution in [-0.2, 0) is 4.79 Å². The molecule has 1 heterocycles. The zero-order valence-electron chi connectivity index (χ0n) is 10.1. The summed E-state index contributed by atoms with van der Waals surface area (Å²) >= 11 is 0. The number of nitrogens with one attached hydrogen (secondary N) is 1. The highest BCUT2D eigenvalue weighted by Gasteiger charge is 2.46. The summed E-state index contributed by atoms with van der Waals surface area (Å²) in [4.78, 5) is 13.1. The maximum absolute atomic E-state index is 10.9. The molecule has 0 saturated carbocycles. The first-order valence-corrected chi connectivity index (χ1v) is 5.50. The summed E-state index contributed by atoms with van der Waals surface area (Å²) in [5, 5.41) is 12.1. The van der Waals surface area contributed by atoms with Gasteiger partial charge in [-0.3, -0.25) is 9.69 Å². The number of hydrogen-bond acceptors (Lipinski definition) is 3. The van der Waals surface area contributed by atoms with Gasteiger partial charge in [0.1, 0.15) is 0 Å². The van der Waals surface area contributed by atoms with E-state index in [9.17, 15) is 4.79 Å². The number of carboxylic acids is 1. The fourth-order valence-corrected chi connectivity index (χ4v) is 2.06. The highest BCUT2D eigenvalue weighted by Crippen LogP contribution is 2.31. The molecule has 1 fully saturated rings. The van der Waals surface area contributed by atoms with Crippen molar-refractivity contribution in [2.45, 2.75) is 44.7 Å². The molecule has 1 rings (SSSR count). The summed E-state index contributed by atoms with van der Waals surface area (Å²) in [5.41, 5.74) is -0.136. The van der Waals surface area contributed by atoms with Gasteiger partial charge in [0.25, 0.3) is 0 Å². The number of likely N-dealkylation sites (N-methyl/N-ethyl adjacent to an activating group) is 1. The molecule has 0 aromatic rings. The Morgan fingerprint density at radius 1 is 1.53 bits per heavy atom. The predicted molar refractivity (Wildman–Crippen MR) is 60.0 cm³/mol. The van der Waals surface area contributed by atoms with E-state index in [-0.39, 0.29) is 17.5 Å². The Morgan fingerprint density at radius 2 is 2.07 bits per heavy atom. The van der Waals surface area contributed by atoms with Crippen molar-refractivity contribution in [2.75, 3.05) is 20.1 Å². The van der Waals surface area contributed by atoms with Gasteiger partial charge < -0.3 is 10.4 Å². The maximum atomic E-state index is 10.9. The van der Waals surface area contributed by atoms with Crippen LogP contribution in [0, 0.1) is 0 Å². The third kappa shape index (κ3) is 2.32. The lowest BCUT2D eigenvalue weighted by Crippen LogP contribution is -2.72. The zero-order valence-corrected chi connectivity index (χ0v) is 10.1. The standard InChI is InChI=1S/C11H22N2O2/c1-5-10(2,3)13(4)11(6-9(14)15)7-12-8-11/h12H,5-8H2,1-4H3,(H,14,15). The summed E-state index contributed by atoms with van der Waals surface area (Å²) in [6, 6.07) is 0. The topological polar surface area (TPSA) is 52.6 Å². The molecule has 0 aromatic carbocycles. The fraction of sp³-hybridized carbons (Fsp3) is 0.909. The van der Waals surface area contributed by atoms with E-state index in [1.54, 1.807) is 0 Å². The molecule has 0 bridgehead atoms. The van der Waals surface area contributed by atoms with E-state index >= 15 is 0 Å². The summed E-state index contributed by atoms with van der Waals surface area (Å²) in [5.74, 6) is -0.713. The summed E-state index contributed by atoms with van der Waals surface area (Å²) < 4.78 is 0. The average molecular weight is 214 g/mol. The molecule has 4 nitrogen and oxygen atoms in total. The molecule has 1 aliphatic rings. The van der Waals surface area contributed by atoms with Gasteiger partial charge in [0, 0.05) is 18.6 Å². The Morgan fingerprint density at radius 3 is 2.33 bits per heavy atom. The molecule has 1 saturated heterocycles. The van der Waals surface area contributed by atoms with Crippen molar-refractivity contribution < 1.29 is 9.90 Å². The van der Waals surface area contributed by atoms with Crippen molar-refractivity contribution >= 4 is 5.97 Å². The molecule has 2 N–H and O–H groups in total. The first kappa shape index (κ1) is 12.5. The lowest BCUT2D eigenvalue weighted by atomic mass is 9.82. The maximum Gasteiger partial charge on any atom is 0.305 e. The second kappa shape index (κ2) is 4.10. The van der Waals surface area contributed by atoms with Crippen LogP contribution in [0.3, 0.4) is 0 Å². The van der Waals surface area contributed by atoms with Gasteiger partial charge in [-0.05, 0) is 27.3 Å². The number of nitrogens with zero attached hydrogens (tertiary/aromatic N) is 1. The molecular weight excluding hydrogens is 192 g/mol. The second-order valence-electron chi connectivity index (χ2n) is 5.12. The molecule has 88 valence electrons.